The summed E-state index contributed by atoms with van der Waals surface area (Å²) in [5, 5.41) is 3.03. The molecule has 0 saturated carbocycles. The van der Waals surface area contributed by atoms with Gasteiger partial charge in [0.2, 0.25) is 5.91 Å². The third kappa shape index (κ3) is 4.88. The number of hydrogen-bond acceptors (Lipinski definition) is 4. The summed E-state index contributed by atoms with van der Waals surface area (Å²) >= 11 is 0. The smallest absolute Gasteiger partial charge is 0.410 e. The maximum Gasteiger partial charge on any atom is 0.410 e. The van der Waals surface area contributed by atoms with Crippen LogP contribution in [0.25, 0.3) is 0 Å². The van der Waals surface area contributed by atoms with Gasteiger partial charge in [-0.1, -0.05) is 0 Å². The van der Waals surface area contributed by atoms with Crippen molar-refractivity contribution in [1.29, 1.82) is 0 Å². The van der Waals surface area contributed by atoms with Gasteiger partial charge in [-0.3, -0.25) is 4.79 Å². The molecule has 1 atom stereocenters. The van der Waals surface area contributed by atoms with Crippen LogP contribution in [0.1, 0.15) is 40.0 Å². The molecule has 0 aromatic heterocycles. The van der Waals surface area contributed by atoms with E-state index < -0.39 is 5.60 Å². The van der Waals surface area contributed by atoms with E-state index in [0.717, 1.165) is 13.0 Å². The Balaban J connectivity index is 1.74. The van der Waals surface area contributed by atoms with Crippen molar-refractivity contribution in [3.8, 4) is 0 Å². The van der Waals surface area contributed by atoms with E-state index in [9.17, 15) is 9.59 Å². The van der Waals surface area contributed by atoms with Crippen molar-refractivity contribution in [3.05, 3.63) is 0 Å². The van der Waals surface area contributed by atoms with Gasteiger partial charge in [0.1, 0.15) is 5.60 Å². The third-order valence-corrected chi connectivity index (χ3v) is 3.79. The average molecular weight is 298 g/mol. The number of rotatable bonds is 2. The lowest BCUT2D eigenvalue weighted by Gasteiger charge is -2.33. The van der Waals surface area contributed by atoms with Gasteiger partial charge in [-0.25, -0.2) is 4.79 Å². The first-order chi connectivity index (χ1) is 9.85. The number of nitrogens with one attached hydrogen (secondary N) is 1. The molecular formula is C15H26N2O4. The van der Waals surface area contributed by atoms with Crippen LogP contribution in [0, 0.1) is 5.92 Å². The standard InChI is InChI=1S/C15H26N2O4/c1-15(2,3)21-14(19)17-7-4-11(5-8-17)13(18)16-12-6-9-20-10-12/h11-12H,4-10H2,1-3H3,(H,16,18). The van der Waals surface area contributed by atoms with Gasteiger partial charge in [0, 0.05) is 25.6 Å². The summed E-state index contributed by atoms with van der Waals surface area (Å²) < 4.78 is 10.6. The van der Waals surface area contributed by atoms with E-state index in [4.69, 9.17) is 9.47 Å². The Hall–Kier alpha value is -1.30. The fraction of sp³-hybridized carbons (Fsp3) is 0.867. The molecule has 6 heteroatoms. The van der Waals surface area contributed by atoms with Crippen LogP contribution >= 0.6 is 0 Å². The van der Waals surface area contributed by atoms with Crippen molar-refractivity contribution in [2.75, 3.05) is 26.3 Å². The normalized spacial score (nSPS) is 24.0. The Morgan fingerprint density at radius 3 is 2.38 bits per heavy atom. The summed E-state index contributed by atoms with van der Waals surface area (Å²) in [5.74, 6) is 0.0821. The number of amides is 2. The summed E-state index contributed by atoms with van der Waals surface area (Å²) in [7, 11) is 0. The van der Waals surface area contributed by atoms with Gasteiger partial charge in [0.25, 0.3) is 0 Å². The molecule has 120 valence electrons. The topological polar surface area (TPSA) is 67.9 Å². The summed E-state index contributed by atoms with van der Waals surface area (Å²) in [6.45, 7) is 8.06. The molecule has 0 radical (unpaired) electrons. The summed E-state index contributed by atoms with van der Waals surface area (Å²) in [6, 6.07) is 0.154. The van der Waals surface area contributed by atoms with Crippen molar-refractivity contribution >= 4 is 12.0 Å². The van der Waals surface area contributed by atoms with Crippen LogP contribution in [0.3, 0.4) is 0 Å². The van der Waals surface area contributed by atoms with Crippen LogP contribution in [0.5, 0.6) is 0 Å². The van der Waals surface area contributed by atoms with E-state index in [1.54, 1.807) is 4.90 Å². The zero-order valence-electron chi connectivity index (χ0n) is 13.2. The van der Waals surface area contributed by atoms with Gasteiger partial charge in [0.15, 0.2) is 0 Å². The Morgan fingerprint density at radius 2 is 1.86 bits per heavy atom. The second-order valence-electron chi connectivity index (χ2n) is 6.81. The van der Waals surface area contributed by atoms with Crippen LogP contribution in [0.15, 0.2) is 0 Å². The maximum atomic E-state index is 12.2. The van der Waals surface area contributed by atoms with Crippen molar-refractivity contribution in [1.82, 2.24) is 10.2 Å². The molecule has 2 amide bonds. The number of likely N-dealkylation sites (tertiary alicyclic amines) is 1. The quantitative estimate of drug-likeness (QED) is 0.839. The fourth-order valence-corrected chi connectivity index (χ4v) is 2.62. The Morgan fingerprint density at radius 1 is 1.19 bits per heavy atom. The van der Waals surface area contributed by atoms with Crippen molar-refractivity contribution < 1.29 is 19.1 Å². The first-order valence-corrected chi connectivity index (χ1v) is 7.71. The number of carbonyl (C=O) groups is 2. The van der Waals surface area contributed by atoms with Crippen molar-refractivity contribution in [3.63, 3.8) is 0 Å². The zero-order valence-corrected chi connectivity index (χ0v) is 13.2. The molecule has 0 aliphatic carbocycles. The predicted molar refractivity (Wildman–Crippen MR) is 77.9 cm³/mol. The lowest BCUT2D eigenvalue weighted by atomic mass is 9.96. The van der Waals surface area contributed by atoms with Gasteiger partial charge < -0.3 is 19.7 Å². The minimum Gasteiger partial charge on any atom is -0.444 e. The van der Waals surface area contributed by atoms with Crippen LogP contribution in [-0.2, 0) is 14.3 Å². The van der Waals surface area contributed by atoms with E-state index in [0.29, 0.717) is 32.5 Å². The van der Waals surface area contributed by atoms with Gasteiger partial charge in [0.05, 0.1) is 12.6 Å². The van der Waals surface area contributed by atoms with E-state index in [-0.39, 0.29) is 24.0 Å². The molecule has 2 aliphatic heterocycles. The van der Waals surface area contributed by atoms with Gasteiger partial charge in [-0.15, -0.1) is 0 Å². The third-order valence-electron chi connectivity index (χ3n) is 3.79. The highest BCUT2D eigenvalue weighted by Crippen LogP contribution is 2.20. The zero-order chi connectivity index (χ0) is 15.5. The fourth-order valence-electron chi connectivity index (χ4n) is 2.62. The van der Waals surface area contributed by atoms with E-state index in [2.05, 4.69) is 5.32 Å². The molecule has 2 saturated heterocycles. The highest BCUT2D eigenvalue weighted by Gasteiger charge is 2.31. The van der Waals surface area contributed by atoms with Crippen molar-refractivity contribution in [2.24, 2.45) is 5.92 Å². The number of piperidine rings is 1. The number of ether oxygens (including phenoxy) is 2. The van der Waals surface area contributed by atoms with E-state index in [1.165, 1.54) is 0 Å². The summed E-state index contributed by atoms with van der Waals surface area (Å²) in [6.07, 6.45) is 1.99. The molecule has 6 nitrogen and oxygen atoms in total. The molecule has 2 heterocycles. The first-order valence-electron chi connectivity index (χ1n) is 7.71. The molecule has 2 fully saturated rings. The molecule has 0 bridgehead atoms. The Bertz CT molecular complexity index is 378. The van der Waals surface area contributed by atoms with Crippen LogP contribution in [0.4, 0.5) is 4.79 Å². The van der Waals surface area contributed by atoms with Crippen molar-refractivity contribution in [2.45, 2.75) is 51.7 Å². The number of carbonyl (C=O) groups excluding carboxylic acids is 2. The number of nitrogens with zero attached hydrogens (tertiary/aromatic N) is 1. The van der Waals surface area contributed by atoms with E-state index >= 15 is 0 Å². The summed E-state index contributed by atoms with van der Waals surface area (Å²) in [4.78, 5) is 25.8. The lowest BCUT2D eigenvalue weighted by molar-refractivity contribution is -0.127. The first kappa shape index (κ1) is 16.1. The Kier molecular flexibility index (Phi) is 5.08. The monoisotopic (exact) mass is 298 g/mol. The maximum absolute atomic E-state index is 12.2. The number of hydrogen-bond donors (Lipinski definition) is 1. The van der Waals surface area contributed by atoms with Gasteiger partial charge >= 0.3 is 6.09 Å². The average Bonchev–Trinajstić information content (AvgIpc) is 2.90. The highest BCUT2D eigenvalue weighted by molar-refractivity contribution is 5.79. The minimum atomic E-state index is -0.478. The summed E-state index contributed by atoms with van der Waals surface area (Å²) in [5.41, 5.74) is -0.478. The van der Waals surface area contributed by atoms with Crippen LogP contribution < -0.4 is 5.32 Å². The largest absolute Gasteiger partial charge is 0.444 e. The molecule has 0 aromatic carbocycles. The minimum absolute atomic E-state index is 0.00992. The van der Waals surface area contributed by atoms with Crippen LogP contribution in [0.2, 0.25) is 0 Å². The van der Waals surface area contributed by atoms with E-state index in [1.807, 2.05) is 20.8 Å². The molecule has 2 rings (SSSR count). The van der Waals surface area contributed by atoms with Gasteiger partial charge in [-0.2, -0.15) is 0 Å². The molecule has 1 unspecified atom stereocenters. The lowest BCUT2D eigenvalue weighted by Crippen LogP contribution is -2.46. The molecule has 2 aliphatic rings. The molecule has 21 heavy (non-hydrogen) atoms. The molecular weight excluding hydrogens is 272 g/mol. The Labute approximate surface area is 126 Å². The predicted octanol–water partition coefficient (Wildman–Crippen LogP) is 1.54. The van der Waals surface area contributed by atoms with Crippen LogP contribution in [-0.4, -0.2) is 54.8 Å². The molecule has 0 aromatic rings. The molecule has 0 spiro atoms. The second-order valence-corrected chi connectivity index (χ2v) is 6.81. The molecule has 1 N–H and O–H groups in total. The second kappa shape index (κ2) is 6.64. The van der Waals surface area contributed by atoms with Gasteiger partial charge in [-0.05, 0) is 40.0 Å². The highest BCUT2D eigenvalue weighted by atomic mass is 16.6. The SMILES string of the molecule is CC(C)(C)OC(=O)N1CCC(C(=O)NC2CCOC2)CC1.